The van der Waals surface area contributed by atoms with Gasteiger partial charge in [0, 0.05) is 19.5 Å². The fourth-order valence-corrected chi connectivity index (χ4v) is 9.37. The molecule has 0 saturated heterocycles. The maximum absolute atomic E-state index is 15.0. The number of ether oxygens (including phenoxy) is 3. The average molecular weight is 1100 g/mol. The predicted molar refractivity (Wildman–Crippen MR) is 310 cm³/mol. The van der Waals surface area contributed by atoms with E-state index in [1.807, 2.05) is 88.1 Å². The van der Waals surface area contributed by atoms with E-state index in [-0.39, 0.29) is 43.4 Å². The minimum atomic E-state index is -1.28. The second-order valence-electron chi connectivity index (χ2n) is 24.5. The molecule has 6 N–H and O–H groups in total. The number of dihydropyridines is 1. The number of carbonyl (C=O) groups is 7. The summed E-state index contributed by atoms with van der Waals surface area (Å²) >= 11 is 0. The van der Waals surface area contributed by atoms with Crippen LogP contribution in [-0.2, 0) is 51.1 Å². The summed E-state index contributed by atoms with van der Waals surface area (Å²) in [6.45, 7) is 26.1. The fraction of sp³-hybridized carbons (Fsp3) is 0.610. The van der Waals surface area contributed by atoms with Crippen LogP contribution in [0.3, 0.4) is 0 Å². The van der Waals surface area contributed by atoms with Crippen molar-refractivity contribution < 1.29 is 47.8 Å². The minimum absolute atomic E-state index is 0.0385. The zero-order chi connectivity index (χ0) is 58.6. The third-order valence-electron chi connectivity index (χ3n) is 13.1. The molecule has 6 amide bonds. The molecule has 18 nitrogen and oxygen atoms in total. The maximum atomic E-state index is 15.0. The van der Waals surface area contributed by atoms with Crippen LogP contribution in [0.25, 0.3) is 0 Å². The number of aliphatic imine (C=N–C) groups is 1. The predicted octanol–water partition coefficient (Wildman–Crippen LogP) is 8.01. The van der Waals surface area contributed by atoms with Gasteiger partial charge in [-0.2, -0.15) is 0 Å². The first kappa shape index (κ1) is 66.2. The number of methoxy groups -OCH3 is 1. The van der Waals surface area contributed by atoms with E-state index in [1.165, 1.54) is 7.11 Å². The number of allylic oxidation sites excluding steroid dienone is 1. The summed E-state index contributed by atoms with van der Waals surface area (Å²) in [5, 5.41) is 15.6. The van der Waals surface area contributed by atoms with Gasteiger partial charge in [-0.1, -0.05) is 143 Å². The van der Waals surface area contributed by atoms with Crippen LogP contribution in [0.5, 0.6) is 0 Å². The highest BCUT2D eigenvalue weighted by atomic mass is 31.1. The van der Waals surface area contributed by atoms with Crippen LogP contribution in [0.1, 0.15) is 139 Å². The monoisotopic (exact) mass is 1100 g/mol. The molecule has 7 unspecified atom stereocenters. The van der Waals surface area contributed by atoms with Gasteiger partial charge in [-0.25, -0.2) is 14.6 Å². The van der Waals surface area contributed by atoms with Crippen LogP contribution >= 0.6 is 7.55 Å². The van der Waals surface area contributed by atoms with Crippen molar-refractivity contribution in [1.82, 2.24) is 37.0 Å². The smallest absolute Gasteiger partial charge is 0.408 e. The second kappa shape index (κ2) is 30.3. The van der Waals surface area contributed by atoms with Gasteiger partial charge < -0.3 is 40.8 Å². The molecule has 3 rings (SSSR count). The highest BCUT2D eigenvalue weighted by Crippen LogP contribution is 2.30. The highest BCUT2D eigenvalue weighted by Gasteiger charge is 2.40. The van der Waals surface area contributed by atoms with Gasteiger partial charge in [-0.05, 0) is 85.0 Å². The molecule has 2 aromatic carbocycles. The molecule has 1 heterocycles. The summed E-state index contributed by atoms with van der Waals surface area (Å²) in [6, 6.07) is 12.6. The van der Waals surface area contributed by atoms with Crippen molar-refractivity contribution in [1.29, 1.82) is 0 Å². The molecule has 2 aromatic rings. The summed E-state index contributed by atoms with van der Waals surface area (Å²) in [7, 11) is 0.245. The van der Waals surface area contributed by atoms with Gasteiger partial charge in [-0.3, -0.25) is 34.4 Å². The van der Waals surface area contributed by atoms with Gasteiger partial charge in [0.1, 0.15) is 36.5 Å². The minimum Gasteiger partial charge on any atom is -0.457 e. The second-order valence-corrected chi connectivity index (χ2v) is 26.6. The SMILES string of the molecule is C=[P+](C)CC(NC(=O)OC(C)(C)C)C(=O)NCC(=O)OC(CN(Cc1ccc(C2=NCCC=C2)cc1)NC(=O)C(NC(=O)OC)C(C)(C)C)C(Cc1ccccc1)NC(=O)C(NC(=O)CC(C)(C)CCC(C)CC)C(C)(C)C. The molecule has 0 aromatic heterocycles. The number of nitrogens with one attached hydrogen (secondary N) is 6. The standard InChI is InChI=1S/C59H91N8O10P/c1-17-39(2)30-31-59(12,13)34-47(68)64-49(56(3,4)5)52(71)62-44(33-40-23-19-18-20-24-40)46(76-48(69)35-61-51(70)45(38-78(15)16)63-55(74)77-58(9,10)11)37-67(66-53(72)50(57(6,7)8)65-54(73)75-14)36-41-26-28-42(29-27-41)43-25-21-22-32-60-43/h18-21,23-29,39,44-46,49-50H,15,17,22,30-38H2,1-14,16H3,(H5-,61,62,63,64,65,66,68,70,71,72,73,74)/p+1. The lowest BCUT2D eigenvalue weighted by atomic mass is 9.80. The van der Waals surface area contributed by atoms with Gasteiger partial charge in [0.15, 0.2) is 6.04 Å². The number of hydrogen-bond donors (Lipinski definition) is 6. The lowest BCUT2D eigenvalue weighted by molar-refractivity contribution is -0.154. The lowest BCUT2D eigenvalue weighted by Crippen LogP contribution is -2.61. The molecular weight excluding hydrogens is 1010 g/mol. The molecule has 1 aliphatic rings. The van der Waals surface area contributed by atoms with Gasteiger partial charge in [0.25, 0.3) is 5.91 Å². The molecule has 432 valence electrons. The molecule has 0 spiro atoms. The number of alkyl carbamates (subject to hydrolysis) is 2. The molecule has 0 bridgehead atoms. The van der Waals surface area contributed by atoms with Gasteiger partial charge in [0.2, 0.25) is 17.7 Å². The molecule has 0 aliphatic carbocycles. The zero-order valence-corrected chi connectivity index (χ0v) is 50.1. The van der Waals surface area contributed by atoms with Crippen molar-refractivity contribution in [2.24, 2.45) is 27.2 Å². The summed E-state index contributed by atoms with van der Waals surface area (Å²) in [6.07, 6.45) is 9.31. The van der Waals surface area contributed by atoms with Crippen molar-refractivity contribution in [3.8, 4) is 0 Å². The number of nitrogens with zero attached hydrogens (tertiary/aromatic N) is 2. The number of esters is 1. The summed E-state index contributed by atoms with van der Waals surface area (Å²) < 4.78 is 16.7. The van der Waals surface area contributed by atoms with Crippen LogP contribution in [0.4, 0.5) is 9.59 Å². The largest absolute Gasteiger partial charge is 0.457 e. The summed E-state index contributed by atoms with van der Waals surface area (Å²) in [5.74, 6) is -2.51. The van der Waals surface area contributed by atoms with E-state index in [4.69, 9.17) is 14.2 Å². The van der Waals surface area contributed by atoms with E-state index < -0.39 is 96.7 Å². The Hall–Kier alpha value is -6.13. The highest BCUT2D eigenvalue weighted by molar-refractivity contribution is 7.55. The average Bonchev–Trinajstić information content (AvgIpc) is 3.34. The van der Waals surface area contributed by atoms with Crippen molar-refractivity contribution in [3.05, 3.63) is 83.4 Å². The first-order valence-electron chi connectivity index (χ1n) is 27.1. The first-order valence-corrected chi connectivity index (χ1v) is 29.3. The van der Waals surface area contributed by atoms with E-state index >= 15 is 4.79 Å². The van der Waals surface area contributed by atoms with Crippen molar-refractivity contribution >= 4 is 61.3 Å². The number of hydrazine groups is 1. The molecule has 0 fully saturated rings. The first-order chi connectivity index (χ1) is 36.3. The Kier molecular flexibility index (Phi) is 25.7. The zero-order valence-electron chi connectivity index (χ0n) is 49.2. The summed E-state index contributed by atoms with van der Waals surface area (Å²) in [4.78, 5) is 102. The lowest BCUT2D eigenvalue weighted by Gasteiger charge is -2.37. The van der Waals surface area contributed by atoms with Crippen LogP contribution in [0.2, 0.25) is 0 Å². The van der Waals surface area contributed by atoms with Crippen molar-refractivity contribution in [2.45, 2.75) is 171 Å². The van der Waals surface area contributed by atoms with Crippen LogP contribution in [0, 0.1) is 22.2 Å². The van der Waals surface area contributed by atoms with Crippen molar-refractivity contribution in [2.75, 3.05) is 39.6 Å². The molecule has 7 atom stereocenters. The topological polar surface area (TPSA) is 235 Å². The molecular formula is C59H92N8O10P+. The number of carbonyl (C=O) groups excluding carboxylic acids is 7. The molecule has 78 heavy (non-hydrogen) atoms. The van der Waals surface area contributed by atoms with E-state index in [2.05, 4.69) is 77.1 Å². The van der Waals surface area contributed by atoms with E-state index in [9.17, 15) is 28.8 Å². The summed E-state index contributed by atoms with van der Waals surface area (Å²) in [5.41, 5.74) is 3.40. The Labute approximate surface area is 465 Å². The third-order valence-corrected chi connectivity index (χ3v) is 14.1. The number of hydrogen-bond acceptors (Lipinski definition) is 12. The van der Waals surface area contributed by atoms with Crippen LogP contribution in [-0.4, -0.2) is 134 Å². The Morgan fingerprint density at radius 1 is 0.782 bits per heavy atom. The Bertz CT molecular complexity index is 2410. The quantitative estimate of drug-likeness (QED) is 0.0217. The van der Waals surface area contributed by atoms with E-state index in [1.54, 1.807) is 46.6 Å². The number of rotatable bonds is 27. The molecule has 0 radical (unpaired) electrons. The Morgan fingerprint density at radius 3 is 1.96 bits per heavy atom. The van der Waals surface area contributed by atoms with Gasteiger partial charge >= 0.3 is 18.2 Å². The number of benzene rings is 2. The normalized spacial score (nSPS) is 15.4. The number of amides is 6. The van der Waals surface area contributed by atoms with Crippen molar-refractivity contribution in [3.63, 3.8) is 0 Å². The Balaban J connectivity index is 2.20. The molecule has 0 saturated carbocycles. The molecule has 19 heteroatoms. The third kappa shape index (κ3) is 24.3. The van der Waals surface area contributed by atoms with E-state index in [0.29, 0.717) is 12.5 Å². The molecule has 1 aliphatic heterocycles. The van der Waals surface area contributed by atoms with Crippen LogP contribution in [0.15, 0.2) is 71.7 Å². The maximum Gasteiger partial charge on any atom is 0.408 e. The van der Waals surface area contributed by atoms with E-state index in [0.717, 1.165) is 48.1 Å². The Morgan fingerprint density at radius 2 is 1.41 bits per heavy atom. The van der Waals surface area contributed by atoms with Gasteiger partial charge in [0.05, 0.1) is 45.9 Å². The van der Waals surface area contributed by atoms with Crippen LogP contribution < -0.4 is 32.0 Å². The van der Waals surface area contributed by atoms with Gasteiger partial charge in [-0.15, -0.1) is 0 Å². The fourth-order valence-electron chi connectivity index (χ4n) is 8.49.